The molecule has 3 rings (SSSR count). The maximum Gasteiger partial charge on any atom is 0.271 e. The summed E-state index contributed by atoms with van der Waals surface area (Å²) in [6.07, 6.45) is 1.34. The van der Waals surface area contributed by atoms with Crippen molar-refractivity contribution in [1.82, 2.24) is 5.43 Å². The number of carbonyl (C=O) groups excluding carboxylic acids is 1. The molecular formula is C19H14ClN3O4. The fraction of sp³-hybridized carbons (Fsp3) is 0.0526. The Labute approximate surface area is 159 Å². The number of hydrogen-bond acceptors (Lipinski definition) is 5. The van der Waals surface area contributed by atoms with Crippen molar-refractivity contribution < 1.29 is 14.1 Å². The fourth-order valence-corrected chi connectivity index (χ4v) is 2.48. The average molecular weight is 384 g/mol. The lowest BCUT2D eigenvalue weighted by Gasteiger charge is -2.01. The largest absolute Gasteiger partial charge is 0.455 e. The van der Waals surface area contributed by atoms with Gasteiger partial charge in [-0.1, -0.05) is 29.8 Å². The van der Waals surface area contributed by atoms with Gasteiger partial charge >= 0.3 is 0 Å². The lowest BCUT2D eigenvalue weighted by atomic mass is 10.1. The van der Waals surface area contributed by atoms with E-state index in [-0.39, 0.29) is 11.3 Å². The van der Waals surface area contributed by atoms with Crippen LogP contribution in [0.5, 0.6) is 0 Å². The summed E-state index contributed by atoms with van der Waals surface area (Å²) < 4.78 is 5.65. The number of hydrogen-bond donors (Lipinski definition) is 1. The molecule has 0 fully saturated rings. The van der Waals surface area contributed by atoms with E-state index in [1.807, 2.05) is 19.1 Å². The zero-order valence-electron chi connectivity index (χ0n) is 14.2. The summed E-state index contributed by atoms with van der Waals surface area (Å²) in [6.45, 7) is 1.91. The number of halogens is 1. The molecule has 0 radical (unpaired) electrons. The molecule has 0 atom stereocenters. The number of non-ortho nitro benzene ring substituents is 1. The predicted octanol–water partition coefficient (Wildman–Crippen LogP) is 4.58. The van der Waals surface area contributed by atoms with Crippen molar-refractivity contribution in [2.24, 2.45) is 5.10 Å². The molecule has 1 amide bonds. The Morgan fingerprint density at radius 2 is 2.04 bits per heavy atom. The van der Waals surface area contributed by atoms with Gasteiger partial charge in [-0.15, -0.1) is 0 Å². The molecule has 0 aliphatic heterocycles. The van der Waals surface area contributed by atoms with E-state index < -0.39 is 10.8 Å². The van der Waals surface area contributed by atoms with Crippen molar-refractivity contribution in [2.45, 2.75) is 6.92 Å². The number of nitro groups is 1. The molecule has 3 aromatic rings. The number of hydrazone groups is 1. The molecule has 8 heteroatoms. The van der Waals surface area contributed by atoms with E-state index in [0.717, 1.165) is 11.1 Å². The van der Waals surface area contributed by atoms with Crippen LogP contribution in [0.2, 0.25) is 5.02 Å². The molecule has 0 bridgehead atoms. The molecule has 27 heavy (non-hydrogen) atoms. The number of aryl methyl sites for hydroxylation is 1. The molecular weight excluding hydrogens is 370 g/mol. The van der Waals surface area contributed by atoms with Crippen molar-refractivity contribution in [1.29, 1.82) is 0 Å². The number of carbonyl (C=O) groups is 1. The highest BCUT2D eigenvalue weighted by Gasteiger charge is 2.11. The first-order valence-corrected chi connectivity index (χ1v) is 8.26. The van der Waals surface area contributed by atoms with Crippen LogP contribution in [0.25, 0.3) is 11.3 Å². The topological polar surface area (TPSA) is 97.7 Å². The smallest absolute Gasteiger partial charge is 0.271 e. The molecule has 1 aromatic heterocycles. The third kappa shape index (κ3) is 4.39. The minimum atomic E-state index is -0.568. The van der Waals surface area contributed by atoms with Crippen molar-refractivity contribution in [3.63, 3.8) is 0 Å². The minimum Gasteiger partial charge on any atom is -0.455 e. The zero-order chi connectivity index (χ0) is 19.4. The molecule has 1 heterocycles. The Hall–Kier alpha value is -3.45. The Morgan fingerprint density at radius 3 is 2.78 bits per heavy atom. The molecule has 0 spiro atoms. The van der Waals surface area contributed by atoms with E-state index >= 15 is 0 Å². The third-order valence-electron chi connectivity index (χ3n) is 3.76. The number of amides is 1. The summed E-state index contributed by atoms with van der Waals surface area (Å²) in [4.78, 5) is 22.2. The quantitative estimate of drug-likeness (QED) is 0.396. The van der Waals surface area contributed by atoms with Gasteiger partial charge < -0.3 is 4.42 Å². The second-order valence-corrected chi connectivity index (χ2v) is 6.08. The standard InChI is InChI=1S/C19H14ClN3O4/c1-12-5-6-13(10-17(12)20)18-8-7-16(27-18)11-21-22-19(24)14-3-2-4-15(9-14)23(25)26/h2-11H,1H3,(H,22,24)/b21-11-. The highest BCUT2D eigenvalue weighted by molar-refractivity contribution is 6.31. The highest BCUT2D eigenvalue weighted by atomic mass is 35.5. The van der Waals surface area contributed by atoms with E-state index in [0.29, 0.717) is 16.5 Å². The van der Waals surface area contributed by atoms with E-state index in [9.17, 15) is 14.9 Å². The van der Waals surface area contributed by atoms with Crippen LogP contribution in [0.15, 0.2) is 64.1 Å². The predicted molar refractivity (Wildman–Crippen MR) is 102 cm³/mol. The van der Waals surface area contributed by atoms with Gasteiger partial charge in [0.05, 0.1) is 11.1 Å². The fourth-order valence-electron chi connectivity index (χ4n) is 2.30. The zero-order valence-corrected chi connectivity index (χ0v) is 14.9. The number of nitrogens with one attached hydrogen (secondary N) is 1. The van der Waals surface area contributed by atoms with Gasteiger partial charge in [0.1, 0.15) is 11.5 Å². The third-order valence-corrected chi connectivity index (χ3v) is 4.17. The van der Waals surface area contributed by atoms with Crippen LogP contribution < -0.4 is 5.43 Å². The average Bonchev–Trinajstić information content (AvgIpc) is 3.13. The van der Waals surface area contributed by atoms with Crippen molar-refractivity contribution in [3.05, 3.63) is 86.6 Å². The van der Waals surface area contributed by atoms with E-state index in [1.165, 1.54) is 30.5 Å². The van der Waals surface area contributed by atoms with Crippen LogP contribution in [-0.2, 0) is 0 Å². The Balaban J connectivity index is 1.67. The summed E-state index contributed by atoms with van der Waals surface area (Å²) in [5.74, 6) is 0.483. The monoisotopic (exact) mass is 383 g/mol. The first kappa shape index (κ1) is 18.3. The van der Waals surface area contributed by atoms with Crippen LogP contribution >= 0.6 is 11.6 Å². The SMILES string of the molecule is Cc1ccc(-c2ccc(/C=N\NC(=O)c3cccc([N+](=O)[O-])c3)o2)cc1Cl. The van der Waals surface area contributed by atoms with Crippen LogP contribution in [0.4, 0.5) is 5.69 Å². The van der Waals surface area contributed by atoms with E-state index in [4.69, 9.17) is 16.0 Å². The van der Waals surface area contributed by atoms with E-state index in [2.05, 4.69) is 10.5 Å². The Kier molecular flexibility index (Phi) is 5.33. The second kappa shape index (κ2) is 7.84. The van der Waals surface area contributed by atoms with Gasteiger partial charge in [-0.3, -0.25) is 14.9 Å². The molecule has 0 aliphatic rings. The number of benzene rings is 2. The van der Waals surface area contributed by atoms with Crippen LogP contribution in [-0.4, -0.2) is 17.0 Å². The summed E-state index contributed by atoms with van der Waals surface area (Å²) in [5, 5.41) is 15.2. The number of nitrogens with zero attached hydrogens (tertiary/aromatic N) is 2. The highest BCUT2D eigenvalue weighted by Crippen LogP contribution is 2.26. The maximum absolute atomic E-state index is 12.0. The van der Waals surface area contributed by atoms with Gasteiger partial charge in [0.2, 0.25) is 0 Å². The molecule has 7 nitrogen and oxygen atoms in total. The van der Waals surface area contributed by atoms with Crippen molar-refractivity contribution in [3.8, 4) is 11.3 Å². The summed E-state index contributed by atoms with van der Waals surface area (Å²) in [7, 11) is 0. The van der Waals surface area contributed by atoms with Gasteiger partial charge in [0.25, 0.3) is 11.6 Å². The van der Waals surface area contributed by atoms with Crippen LogP contribution in [0.1, 0.15) is 21.7 Å². The molecule has 2 aromatic carbocycles. The normalized spacial score (nSPS) is 10.9. The first-order valence-electron chi connectivity index (χ1n) is 7.88. The van der Waals surface area contributed by atoms with Crippen LogP contribution in [0.3, 0.4) is 0 Å². The van der Waals surface area contributed by atoms with Gasteiger partial charge in [-0.2, -0.15) is 5.10 Å². The number of rotatable bonds is 5. The van der Waals surface area contributed by atoms with Gasteiger partial charge in [0.15, 0.2) is 0 Å². The maximum atomic E-state index is 12.0. The van der Waals surface area contributed by atoms with Crippen molar-refractivity contribution in [2.75, 3.05) is 0 Å². The van der Waals surface area contributed by atoms with Gasteiger partial charge in [-0.05, 0) is 36.8 Å². The van der Waals surface area contributed by atoms with Crippen molar-refractivity contribution >= 4 is 29.4 Å². The molecule has 0 saturated carbocycles. The Morgan fingerprint density at radius 1 is 1.22 bits per heavy atom. The molecule has 0 unspecified atom stereocenters. The lowest BCUT2D eigenvalue weighted by Crippen LogP contribution is -2.17. The molecule has 0 aliphatic carbocycles. The van der Waals surface area contributed by atoms with Crippen LogP contribution in [0, 0.1) is 17.0 Å². The lowest BCUT2D eigenvalue weighted by molar-refractivity contribution is -0.384. The second-order valence-electron chi connectivity index (χ2n) is 5.67. The summed E-state index contributed by atoms with van der Waals surface area (Å²) in [6, 6.07) is 14.4. The number of nitro benzene ring substituents is 1. The number of furan rings is 1. The first-order chi connectivity index (χ1) is 12.9. The van der Waals surface area contributed by atoms with E-state index in [1.54, 1.807) is 18.2 Å². The molecule has 136 valence electrons. The Bertz CT molecular complexity index is 1040. The summed E-state index contributed by atoms with van der Waals surface area (Å²) in [5.41, 5.74) is 4.07. The van der Waals surface area contributed by atoms with Gasteiger partial charge in [-0.25, -0.2) is 5.43 Å². The minimum absolute atomic E-state index is 0.135. The van der Waals surface area contributed by atoms with Gasteiger partial charge in [0, 0.05) is 28.3 Å². The summed E-state index contributed by atoms with van der Waals surface area (Å²) >= 11 is 6.12. The molecule has 0 saturated heterocycles. The molecule has 1 N–H and O–H groups in total.